The van der Waals surface area contributed by atoms with E-state index in [9.17, 15) is 9.59 Å². The maximum Gasteiger partial charge on any atom is 0.267 e. The summed E-state index contributed by atoms with van der Waals surface area (Å²) in [6.07, 6.45) is 11.0. The first-order chi connectivity index (χ1) is 16.7. The van der Waals surface area contributed by atoms with Crippen LogP contribution in [0.1, 0.15) is 56.9 Å². The highest BCUT2D eigenvalue weighted by Gasteiger charge is 2.21. The average Bonchev–Trinajstić information content (AvgIpc) is 2.89. The molecule has 2 aliphatic rings. The van der Waals surface area contributed by atoms with Gasteiger partial charge >= 0.3 is 0 Å². The third kappa shape index (κ3) is 7.17. The van der Waals surface area contributed by atoms with Crippen molar-refractivity contribution in [2.45, 2.75) is 57.7 Å². The molecule has 4 rings (SSSR count). The molecule has 1 unspecified atom stereocenters. The van der Waals surface area contributed by atoms with Gasteiger partial charge in [0.15, 0.2) is 6.29 Å². The summed E-state index contributed by atoms with van der Waals surface area (Å²) in [5.74, 6) is -0.128. The first-order valence-electron chi connectivity index (χ1n) is 12.2. The van der Waals surface area contributed by atoms with E-state index >= 15 is 0 Å². The van der Waals surface area contributed by atoms with Gasteiger partial charge in [-0.15, -0.1) is 0 Å². The second kappa shape index (κ2) is 12.3. The molecule has 1 saturated carbocycles. The van der Waals surface area contributed by atoms with Crippen LogP contribution in [0.15, 0.2) is 54.6 Å². The van der Waals surface area contributed by atoms with Gasteiger partial charge in [-0.1, -0.05) is 43.5 Å². The zero-order chi connectivity index (χ0) is 23.6. The SMILES string of the molecule is O=C(/C=C/c1ccc(Nc2ccccc2NC(=O)C2CCCCC2)cc1)NOC1CCCCO1. The van der Waals surface area contributed by atoms with Crippen LogP contribution in [0, 0.1) is 5.92 Å². The standard InChI is InChI=1S/C27H33N3O4/c31-25(30-34-26-12-6-7-19-33-26)18-15-20-13-16-22(17-14-20)28-23-10-4-5-11-24(23)29-27(32)21-8-2-1-3-9-21/h4-5,10-11,13-18,21,26,28H,1-3,6-9,12,19H2,(H,29,32)(H,30,31)/b18-15+. The Labute approximate surface area is 200 Å². The summed E-state index contributed by atoms with van der Waals surface area (Å²) in [5.41, 5.74) is 5.81. The van der Waals surface area contributed by atoms with E-state index in [1.165, 1.54) is 12.5 Å². The minimum absolute atomic E-state index is 0.102. The minimum Gasteiger partial charge on any atom is -0.354 e. The Morgan fingerprint density at radius 1 is 0.882 bits per heavy atom. The lowest BCUT2D eigenvalue weighted by molar-refractivity contribution is -0.198. The molecule has 0 radical (unpaired) electrons. The fourth-order valence-electron chi connectivity index (χ4n) is 4.27. The van der Waals surface area contributed by atoms with Crippen LogP contribution in [0.4, 0.5) is 17.1 Å². The zero-order valence-corrected chi connectivity index (χ0v) is 19.4. The normalized spacial score (nSPS) is 19.0. The summed E-state index contributed by atoms with van der Waals surface area (Å²) in [4.78, 5) is 29.9. The molecule has 0 spiro atoms. The zero-order valence-electron chi connectivity index (χ0n) is 19.4. The van der Waals surface area contributed by atoms with E-state index in [-0.39, 0.29) is 24.0 Å². The van der Waals surface area contributed by atoms with Crippen LogP contribution in [-0.4, -0.2) is 24.7 Å². The summed E-state index contributed by atoms with van der Waals surface area (Å²) < 4.78 is 5.42. The summed E-state index contributed by atoms with van der Waals surface area (Å²) in [6.45, 7) is 0.661. The maximum absolute atomic E-state index is 12.7. The number of ether oxygens (including phenoxy) is 1. The molecule has 3 N–H and O–H groups in total. The Morgan fingerprint density at radius 3 is 2.35 bits per heavy atom. The Kier molecular flexibility index (Phi) is 8.71. The van der Waals surface area contributed by atoms with E-state index in [1.54, 1.807) is 6.08 Å². The van der Waals surface area contributed by atoms with E-state index in [1.807, 2.05) is 48.5 Å². The number of hydroxylamine groups is 1. The first kappa shape index (κ1) is 24.0. The minimum atomic E-state index is -0.369. The molecular weight excluding hydrogens is 430 g/mol. The summed E-state index contributed by atoms with van der Waals surface area (Å²) in [6, 6.07) is 15.4. The van der Waals surface area contributed by atoms with Crippen LogP contribution in [-0.2, 0) is 19.2 Å². The van der Waals surface area contributed by atoms with Gasteiger partial charge in [0, 0.05) is 30.7 Å². The molecule has 180 valence electrons. The Balaban J connectivity index is 1.30. The number of rotatable bonds is 8. The largest absolute Gasteiger partial charge is 0.354 e. The summed E-state index contributed by atoms with van der Waals surface area (Å²) >= 11 is 0. The molecular formula is C27H33N3O4. The molecule has 2 aromatic rings. The number of hydrogen-bond acceptors (Lipinski definition) is 5. The van der Waals surface area contributed by atoms with Crippen LogP contribution in [0.2, 0.25) is 0 Å². The highest BCUT2D eigenvalue weighted by atomic mass is 16.8. The van der Waals surface area contributed by atoms with Crippen molar-refractivity contribution in [1.29, 1.82) is 0 Å². The van der Waals surface area contributed by atoms with Crippen molar-refractivity contribution >= 4 is 35.0 Å². The smallest absolute Gasteiger partial charge is 0.267 e. The molecule has 1 atom stereocenters. The summed E-state index contributed by atoms with van der Waals surface area (Å²) in [5, 5.41) is 6.48. The molecule has 7 nitrogen and oxygen atoms in total. The second-order valence-corrected chi connectivity index (χ2v) is 8.83. The number of benzene rings is 2. The van der Waals surface area contributed by atoms with Crippen molar-refractivity contribution < 1.29 is 19.2 Å². The van der Waals surface area contributed by atoms with E-state index in [2.05, 4.69) is 16.1 Å². The van der Waals surface area contributed by atoms with Gasteiger partial charge in [0.2, 0.25) is 5.91 Å². The van der Waals surface area contributed by atoms with Crippen molar-refractivity contribution in [1.82, 2.24) is 5.48 Å². The number of carbonyl (C=O) groups excluding carboxylic acids is 2. The average molecular weight is 464 g/mol. The number of hydrogen-bond donors (Lipinski definition) is 3. The Bertz CT molecular complexity index is 978. The number of para-hydroxylation sites is 2. The fraction of sp³-hybridized carbons (Fsp3) is 0.407. The number of nitrogens with one attached hydrogen (secondary N) is 3. The van der Waals surface area contributed by atoms with Gasteiger partial charge in [0.25, 0.3) is 5.91 Å². The molecule has 1 heterocycles. The topological polar surface area (TPSA) is 88.7 Å². The lowest BCUT2D eigenvalue weighted by Gasteiger charge is -2.21. The number of carbonyl (C=O) groups is 2. The molecule has 2 amide bonds. The summed E-state index contributed by atoms with van der Waals surface area (Å²) in [7, 11) is 0. The van der Waals surface area contributed by atoms with Crippen LogP contribution < -0.4 is 16.1 Å². The van der Waals surface area contributed by atoms with Crippen molar-refractivity contribution in [3.63, 3.8) is 0 Å². The van der Waals surface area contributed by atoms with E-state index in [0.29, 0.717) is 6.61 Å². The van der Waals surface area contributed by atoms with Crippen molar-refractivity contribution in [3.8, 4) is 0 Å². The van der Waals surface area contributed by atoms with E-state index in [0.717, 1.165) is 67.6 Å². The first-order valence-corrected chi connectivity index (χ1v) is 12.2. The van der Waals surface area contributed by atoms with Crippen LogP contribution in [0.3, 0.4) is 0 Å². The predicted octanol–water partition coefficient (Wildman–Crippen LogP) is 5.54. The van der Waals surface area contributed by atoms with Gasteiger partial charge in [-0.2, -0.15) is 0 Å². The monoisotopic (exact) mass is 463 g/mol. The van der Waals surface area contributed by atoms with Gasteiger partial charge in [-0.25, -0.2) is 10.3 Å². The molecule has 1 aliphatic heterocycles. The molecule has 7 heteroatoms. The highest BCUT2D eigenvalue weighted by Crippen LogP contribution is 2.29. The van der Waals surface area contributed by atoms with Gasteiger partial charge < -0.3 is 15.4 Å². The lowest BCUT2D eigenvalue weighted by Crippen LogP contribution is -2.32. The molecule has 1 aliphatic carbocycles. The lowest BCUT2D eigenvalue weighted by atomic mass is 9.88. The molecule has 34 heavy (non-hydrogen) atoms. The van der Waals surface area contributed by atoms with Gasteiger partial charge in [-0.05, 0) is 61.6 Å². The van der Waals surface area contributed by atoms with Crippen LogP contribution in [0.5, 0.6) is 0 Å². The van der Waals surface area contributed by atoms with Crippen molar-refractivity contribution in [2.75, 3.05) is 17.2 Å². The van der Waals surface area contributed by atoms with Gasteiger partial charge in [0.1, 0.15) is 0 Å². The maximum atomic E-state index is 12.7. The number of anilines is 3. The van der Waals surface area contributed by atoms with Gasteiger partial charge in [0.05, 0.1) is 11.4 Å². The molecule has 1 saturated heterocycles. The molecule has 2 fully saturated rings. The van der Waals surface area contributed by atoms with Crippen molar-refractivity contribution in [2.24, 2.45) is 5.92 Å². The second-order valence-electron chi connectivity index (χ2n) is 8.83. The van der Waals surface area contributed by atoms with Crippen molar-refractivity contribution in [3.05, 3.63) is 60.2 Å². The van der Waals surface area contributed by atoms with Gasteiger partial charge in [-0.3, -0.25) is 9.59 Å². The molecule has 0 aromatic heterocycles. The Hall–Kier alpha value is -3.16. The van der Waals surface area contributed by atoms with E-state index < -0.39 is 0 Å². The van der Waals surface area contributed by atoms with Crippen LogP contribution >= 0.6 is 0 Å². The fourth-order valence-corrected chi connectivity index (χ4v) is 4.27. The Morgan fingerprint density at radius 2 is 1.62 bits per heavy atom. The molecule has 0 bridgehead atoms. The van der Waals surface area contributed by atoms with Crippen LogP contribution in [0.25, 0.3) is 6.08 Å². The third-order valence-corrected chi connectivity index (χ3v) is 6.21. The van der Waals surface area contributed by atoms with E-state index in [4.69, 9.17) is 9.57 Å². The quantitative estimate of drug-likeness (QED) is 0.354. The highest BCUT2D eigenvalue weighted by molar-refractivity contribution is 5.96. The third-order valence-electron chi connectivity index (χ3n) is 6.21. The predicted molar refractivity (Wildman–Crippen MR) is 133 cm³/mol. The number of amides is 2. The molecule has 2 aromatic carbocycles.